The quantitative estimate of drug-likeness (QED) is 0.711. The first kappa shape index (κ1) is 15.2. The SMILES string of the molecule is Cc1c(C(=O)OC(C)(C)C)c2cc(Cl)c(Cl)cc2n1C. The minimum Gasteiger partial charge on any atom is -0.456 e. The van der Waals surface area contributed by atoms with E-state index >= 15 is 0 Å². The van der Waals surface area contributed by atoms with Gasteiger partial charge in [-0.15, -0.1) is 0 Å². The van der Waals surface area contributed by atoms with E-state index in [-0.39, 0.29) is 5.97 Å². The Morgan fingerprint density at radius 3 is 2.30 bits per heavy atom. The van der Waals surface area contributed by atoms with Gasteiger partial charge in [-0.05, 0) is 39.8 Å². The maximum Gasteiger partial charge on any atom is 0.341 e. The Bertz CT molecular complexity index is 696. The highest BCUT2D eigenvalue weighted by Gasteiger charge is 2.24. The lowest BCUT2D eigenvalue weighted by Crippen LogP contribution is -2.24. The van der Waals surface area contributed by atoms with E-state index in [2.05, 4.69) is 0 Å². The molecule has 0 radical (unpaired) electrons. The number of rotatable bonds is 1. The van der Waals surface area contributed by atoms with Crippen molar-refractivity contribution < 1.29 is 9.53 Å². The molecule has 1 aromatic heterocycles. The number of nitrogens with zero attached hydrogens (tertiary/aromatic N) is 1. The third-order valence-electron chi connectivity index (χ3n) is 3.14. The summed E-state index contributed by atoms with van der Waals surface area (Å²) < 4.78 is 7.38. The zero-order valence-corrected chi connectivity index (χ0v) is 13.7. The highest BCUT2D eigenvalue weighted by Crippen LogP contribution is 2.33. The van der Waals surface area contributed by atoms with E-state index in [0.717, 1.165) is 16.6 Å². The van der Waals surface area contributed by atoms with Crippen LogP contribution in [-0.2, 0) is 11.8 Å². The number of hydrogen-bond acceptors (Lipinski definition) is 2. The molecule has 2 rings (SSSR count). The molecule has 1 heterocycles. The molecule has 2 aromatic rings. The lowest BCUT2D eigenvalue weighted by molar-refractivity contribution is 0.00708. The molecule has 5 heteroatoms. The largest absolute Gasteiger partial charge is 0.456 e. The number of fused-ring (bicyclic) bond motifs is 1. The summed E-state index contributed by atoms with van der Waals surface area (Å²) in [7, 11) is 1.88. The van der Waals surface area contributed by atoms with E-state index < -0.39 is 5.60 Å². The fraction of sp³-hybridized carbons (Fsp3) is 0.400. The van der Waals surface area contributed by atoms with Crippen molar-refractivity contribution in [1.29, 1.82) is 0 Å². The minimum atomic E-state index is -0.540. The van der Waals surface area contributed by atoms with Gasteiger partial charge in [-0.2, -0.15) is 0 Å². The number of carbonyl (C=O) groups excluding carboxylic acids is 1. The van der Waals surface area contributed by atoms with Crippen LogP contribution < -0.4 is 0 Å². The first-order valence-electron chi connectivity index (χ1n) is 6.29. The third kappa shape index (κ3) is 2.65. The van der Waals surface area contributed by atoms with Crippen LogP contribution in [0.3, 0.4) is 0 Å². The molecule has 0 saturated heterocycles. The molecule has 0 aliphatic carbocycles. The highest BCUT2D eigenvalue weighted by molar-refractivity contribution is 6.43. The molecule has 3 nitrogen and oxygen atoms in total. The number of esters is 1. The lowest BCUT2D eigenvalue weighted by Gasteiger charge is -2.19. The number of ether oxygens (including phenoxy) is 1. The van der Waals surface area contributed by atoms with Crippen LogP contribution in [0.2, 0.25) is 10.0 Å². The van der Waals surface area contributed by atoms with Crippen molar-refractivity contribution in [3.8, 4) is 0 Å². The molecular weight excluding hydrogens is 297 g/mol. The summed E-state index contributed by atoms with van der Waals surface area (Å²) in [5.74, 6) is -0.348. The number of hydrogen-bond donors (Lipinski definition) is 0. The highest BCUT2D eigenvalue weighted by atomic mass is 35.5. The van der Waals surface area contributed by atoms with Crippen molar-refractivity contribution in [2.75, 3.05) is 0 Å². The molecule has 0 bridgehead atoms. The Morgan fingerprint density at radius 2 is 1.75 bits per heavy atom. The molecule has 0 amide bonds. The van der Waals surface area contributed by atoms with Crippen molar-refractivity contribution in [2.45, 2.75) is 33.3 Å². The van der Waals surface area contributed by atoms with Crippen molar-refractivity contribution >= 4 is 40.1 Å². The zero-order valence-electron chi connectivity index (χ0n) is 12.2. The molecule has 0 N–H and O–H groups in total. The molecule has 0 unspecified atom stereocenters. The summed E-state index contributed by atoms with van der Waals surface area (Å²) in [5.41, 5.74) is 1.68. The van der Waals surface area contributed by atoms with Gasteiger partial charge in [0.2, 0.25) is 0 Å². The summed E-state index contributed by atoms with van der Waals surface area (Å²) in [6.07, 6.45) is 0. The first-order valence-corrected chi connectivity index (χ1v) is 7.05. The Kier molecular flexibility index (Phi) is 3.78. The Labute approximate surface area is 128 Å². The van der Waals surface area contributed by atoms with Gasteiger partial charge in [-0.1, -0.05) is 23.2 Å². The monoisotopic (exact) mass is 313 g/mol. The second-order valence-corrected chi connectivity index (χ2v) is 6.62. The second-order valence-electron chi connectivity index (χ2n) is 5.80. The predicted molar refractivity (Wildman–Crippen MR) is 82.8 cm³/mol. The van der Waals surface area contributed by atoms with Crippen LogP contribution in [0.25, 0.3) is 10.9 Å². The van der Waals surface area contributed by atoms with Crippen LogP contribution in [0.1, 0.15) is 36.8 Å². The van der Waals surface area contributed by atoms with Crippen molar-refractivity contribution in [3.05, 3.63) is 33.4 Å². The number of carbonyl (C=O) groups is 1. The first-order chi connectivity index (χ1) is 9.11. The van der Waals surface area contributed by atoms with Crippen LogP contribution >= 0.6 is 23.2 Å². The summed E-state index contributed by atoms with van der Waals surface area (Å²) >= 11 is 12.1. The van der Waals surface area contributed by atoms with Gasteiger partial charge in [-0.25, -0.2) is 4.79 Å². The van der Waals surface area contributed by atoms with Gasteiger partial charge in [0, 0.05) is 18.1 Å². The molecule has 0 spiro atoms. The summed E-state index contributed by atoms with van der Waals surface area (Å²) in [6.45, 7) is 7.40. The molecule has 0 atom stereocenters. The van der Waals surface area contributed by atoms with Gasteiger partial charge in [-0.3, -0.25) is 0 Å². The average Bonchev–Trinajstić information content (AvgIpc) is 2.51. The number of aryl methyl sites for hydroxylation is 1. The maximum absolute atomic E-state index is 12.4. The van der Waals surface area contributed by atoms with Gasteiger partial charge in [0.05, 0.1) is 21.1 Å². The van der Waals surface area contributed by atoms with E-state index in [1.165, 1.54) is 0 Å². The van der Waals surface area contributed by atoms with Crippen molar-refractivity contribution in [3.63, 3.8) is 0 Å². The fourth-order valence-electron chi connectivity index (χ4n) is 2.14. The van der Waals surface area contributed by atoms with Crippen LogP contribution in [-0.4, -0.2) is 16.1 Å². The minimum absolute atomic E-state index is 0.348. The lowest BCUT2D eigenvalue weighted by atomic mass is 10.1. The number of halogens is 2. The molecule has 0 saturated carbocycles. The standard InChI is InChI=1S/C15H17Cl2NO2/c1-8-13(14(19)20-15(2,3)4)9-6-10(16)11(17)7-12(9)18(8)5/h6-7H,1-5H3. The topological polar surface area (TPSA) is 31.2 Å². The number of benzene rings is 1. The van der Waals surface area contributed by atoms with Gasteiger partial charge in [0.15, 0.2) is 0 Å². The normalized spacial score (nSPS) is 11.9. The van der Waals surface area contributed by atoms with E-state index in [0.29, 0.717) is 15.6 Å². The molecule has 0 fully saturated rings. The van der Waals surface area contributed by atoms with Crippen molar-refractivity contribution in [1.82, 2.24) is 4.57 Å². The Hall–Kier alpha value is -1.19. The Balaban J connectivity index is 2.67. The van der Waals surface area contributed by atoms with Crippen LogP contribution in [0.5, 0.6) is 0 Å². The summed E-state index contributed by atoms with van der Waals surface area (Å²) in [6, 6.07) is 3.48. The second kappa shape index (κ2) is 4.97. The fourth-order valence-corrected chi connectivity index (χ4v) is 2.47. The van der Waals surface area contributed by atoms with Gasteiger partial charge >= 0.3 is 5.97 Å². The summed E-state index contributed by atoms with van der Waals surface area (Å²) in [4.78, 5) is 12.4. The summed E-state index contributed by atoms with van der Waals surface area (Å²) in [5, 5.41) is 1.65. The van der Waals surface area contributed by atoms with E-state index in [9.17, 15) is 4.79 Å². The molecule has 20 heavy (non-hydrogen) atoms. The molecular formula is C15H17Cl2NO2. The van der Waals surface area contributed by atoms with Crippen LogP contribution in [0.15, 0.2) is 12.1 Å². The van der Waals surface area contributed by atoms with Gasteiger partial charge in [0.1, 0.15) is 5.60 Å². The van der Waals surface area contributed by atoms with Crippen LogP contribution in [0, 0.1) is 6.92 Å². The zero-order chi connectivity index (χ0) is 15.2. The molecule has 0 aliphatic rings. The van der Waals surface area contributed by atoms with E-state index in [1.54, 1.807) is 12.1 Å². The molecule has 108 valence electrons. The molecule has 1 aromatic carbocycles. The predicted octanol–water partition coefficient (Wildman–Crippen LogP) is 4.75. The van der Waals surface area contributed by atoms with E-state index in [1.807, 2.05) is 39.3 Å². The van der Waals surface area contributed by atoms with Gasteiger partial charge < -0.3 is 9.30 Å². The maximum atomic E-state index is 12.4. The number of aromatic nitrogens is 1. The van der Waals surface area contributed by atoms with Gasteiger partial charge in [0.25, 0.3) is 0 Å². The van der Waals surface area contributed by atoms with E-state index in [4.69, 9.17) is 27.9 Å². The van der Waals surface area contributed by atoms with Crippen LogP contribution in [0.4, 0.5) is 0 Å². The smallest absolute Gasteiger partial charge is 0.341 e. The average molecular weight is 314 g/mol. The van der Waals surface area contributed by atoms with Crippen molar-refractivity contribution in [2.24, 2.45) is 7.05 Å². The molecule has 0 aliphatic heterocycles. The third-order valence-corrected chi connectivity index (χ3v) is 3.86. The Morgan fingerprint density at radius 1 is 1.20 bits per heavy atom.